The minimum absolute atomic E-state index is 0.162. The van der Waals surface area contributed by atoms with Crippen LogP contribution in [0.15, 0.2) is 90.0 Å². The second kappa shape index (κ2) is 14.7. The molecule has 11 nitrogen and oxygen atoms in total. The summed E-state index contributed by atoms with van der Waals surface area (Å²) >= 11 is 0. The van der Waals surface area contributed by atoms with Gasteiger partial charge in [0.05, 0.1) is 5.92 Å². The minimum atomic E-state index is -0.903. The van der Waals surface area contributed by atoms with Crippen LogP contribution in [-0.4, -0.2) is 47.0 Å². The highest BCUT2D eigenvalue weighted by atomic mass is 16.7. The second-order valence-corrected chi connectivity index (χ2v) is 8.82. The van der Waals surface area contributed by atoms with E-state index in [2.05, 4.69) is 21.1 Å². The van der Waals surface area contributed by atoms with E-state index >= 15 is 0 Å². The molecule has 0 spiro atoms. The Hall–Kier alpha value is -4.93. The van der Waals surface area contributed by atoms with Gasteiger partial charge in [0.15, 0.2) is 5.03 Å². The number of hydrazone groups is 1. The number of nitrogens with zero attached hydrogens (tertiary/aromatic N) is 2. The first-order valence-electron chi connectivity index (χ1n) is 12.5. The lowest BCUT2D eigenvalue weighted by molar-refractivity contribution is -0.485. The Balaban J connectivity index is 1.71. The van der Waals surface area contributed by atoms with Gasteiger partial charge in [0.2, 0.25) is 11.8 Å². The molecular formula is C28H32N6O5. The van der Waals surface area contributed by atoms with Gasteiger partial charge in [0.25, 0.3) is 5.96 Å². The van der Waals surface area contributed by atoms with Gasteiger partial charge in [0.1, 0.15) is 16.9 Å². The van der Waals surface area contributed by atoms with E-state index in [0.717, 1.165) is 16.7 Å². The number of hydrogen-bond acceptors (Lipinski definition) is 5. The average molecular weight is 533 g/mol. The highest BCUT2D eigenvalue weighted by Gasteiger charge is 2.27. The van der Waals surface area contributed by atoms with Crippen molar-refractivity contribution in [1.82, 2.24) is 16.0 Å². The number of guanidine groups is 1. The Morgan fingerprint density at radius 1 is 0.872 bits per heavy atom. The molecule has 3 rings (SSSR count). The van der Waals surface area contributed by atoms with Gasteiger partial charge in [-0.2, -0.15) is 0 Å². The fourth-order valence-electron chi connectivity index (χ4n) is 4.07. The molecule has 0 unspecified atom stereocenters. The number of hydrogen-bond donors (Lipinski definition) is 5. The molecule has 0 fully saturated rings. The van der Waals surface area contributed by atoms with Crippen LogP contribution < -0.4 is 21.7 Å². The molecule has 11 heteroatoms. The molecule has 0 saturated carbocycles. The number of aromatic hydroxyl groups is 1. The van der Waals surface area contributed by atoms with E-state index < -0.39 is 17.0 Å². The summed E-state index contributed by atoms with van der Waals surface area (Å²) in [6.45, 7) is 0.550. The van der Waals surface area contributed by atoms with E-state index in [-0.39, 0.29) is 36.5 Å². The number of phenolic OH excluding ortho intramolecular Hbond substituents is 1. The zero-order chi connectivity index (χ0) is 28.0. The van der Waals surface area contributed by atoms with Gasteiger partial charge in [0, 0.05) is 13.1 Å². The zero-order valence-corrected chi connectivity index (χ0v) is 21.3. The minimum Gasteiger partial charge on any atom is -0.508 e. The third kappa shape index (κ3) is 9.47. The number of amides is 2. The molecule has 204 valence electrons. The number of phenols is 1. The molecule has 0 saturated heterocycles. The summed E-state index contributed by atoms with van der Waals surface area (Å²) < 4.78 is 0. The van der Waals surface area contributed by atoms with Crippen LogP contribution in [0.1, 0.15) is 35.4 Å². The lowest BCUT2D eigenvalue weighted by Crippen LogP contribution is -2.49. The lowest BCUT2D eigenvalue weighted by Gasteiger charge is -2.23. The van der Waals surface area contributed by atoms with Gasteiger partial charge in [-0.3, -0.25) is 9.59 Å². The van der Waals surface area contributed by atoms with E-state index in [0.29, 0.717) is 19.4 Å². The highest BCUT2D eigenvalue weighted by Crippen LogP contribution is 2.25. The second-order valence-electron chi connectivity index (χ2n) is 8.82. The van der Waals surface area contributed by atoms with Gasteiger partial charge in [-0.15, -0.1) is 0 Å². The van der Waals surface area contributed by atoms with Crippen molar-refractivity contribution >= 4 is 17.8 Å². The number of benzene rings is 3. The number of carbonyl (C=O) groups is 2. The molecule has 0 bridgehead atoms. The van der Waals surface area contributed by atoms with Crippen molar-refractivity contribution in [2.24, 2.45) is 10.8 Å². The topological polar surface area (TPSA) is 172 Å². The summed E-state index contributed by atoms with van der Waals surface area (Å²) in [6.07, 6.45) is 1.18. The first-order valence-corrected chi connectivity index (χ1v) is 12.5. The molecule has 3 aromatic rings. The quantitative estimate of drug-likeness (QED) is 0.0738. The molecule has 0 heterocycles. The average Bonchev–Trinajstić information content (AvgIpc) is 2.92. The predicted molar refractivity (Wildman–Crippen MR) is 147 cm³/mol. The molecule has 0 aliphatic carbocycles. The summed E-state index contributed by atoms with van der Waals surface area (Å²) in [4.78, 5) is 37.2. The van der Waals surface area contributed by atoms with Crippen molar-refractivity contribution in [1.29, 1.82) is 0 Å². The predicted octanol–water partition coefficient (Wildman–Crippen LogP) is 2.24. The van der Waals surface area contributed by atoms with Crippen LogP contribution in [0.5, 0.6) is 5.75 Å². The Bertz CT molecular complexity index is 1210. The summed E-state index contributed by atoms with van der Waals surface area (Å²) in [7, 11) is 0. The molecule has 0 aromatic heterocycles. The summed E-state index contributed by atoms with van der Waals surface area (Å²) in [5.74, 6) is -1.48. The molecular weight excluding hydrogens is 500 g/mol. The van der Waals surface area contributed by atoms with Crippen molar-refractivity contribution in [3.05, 3.63) is 112 Å². The molecule has 3 aromatic carbocycles. The van der Waals surface area contributed by atoms with E-state index in [1.165, 1.54) is 0 Å². The van der Waals surface area contributed by atoms with Crippen LogP contribution in [0.25, 0.3) is 0 Å². The molecule has 2 amide bonds. The molecule has 0 aliphatic heterocycles. The number of rotatable bonds is 13. The van der Waals surface area contributed by atoms with Crippen LogP contribution in [0.3, 0.4) is 0 Å². The van der Waals surface area contributed by atoms with Crippen molar-refractivity contribution in [2.75, 3.05) is 13.1 Å². The van der Waals surface area contributed by atoms with Crippen LogP contribution >= 0.6 is 0 Å². The Labute approximate surface area is 226 Å². The Morgan fingerprint density at radius 3 is 2.03 bits per heavy atom. The normalized spacial score (nSPS) is 12.0. The number of nitro groups is 1. The smallest absolute Gasteiger partial charge is 0.266 e. The van der Waals surface area contributed by atoms with Crippen LogP contribution in [0, 0.1) is 10.1 Å². The van der Waals surface area contributed by atoms with Crippen LogP contribution in [0.4, 0.5) is 0 Å². The largest absolute Gasteiger partial charge is 0.508 e. The highest BCUT2D eigenvalue weighted by molar-refractivity contribution is 5.92. The standard InChI is InChI=1S/C28H32N6O5/c29-28(33-34(38)39)31-18-7-12-24(26(36)30-19-17-20-13-15-23(35)16-14-20)32-27(37)25(21-8-3-1-4-9-21)22-10-5-2-6-11-22/h1-6,8-11,13-16,24-25,35H,7,12,17-19H2,(H,30,36)(H,32,37)(H3,29,31,33)/t24-/m0/s1. The third-order valence-electron chi connectivity index (χ3n) is 5.98. The maximum atomic E-state index is 13.6. The molecule has 39 heavy (non-hydrogen) atoms. The first-order chi connectivity index (χ1) is 18.8. The number of carbonyl (C=O) groups excluding carboxylic acids is 2. The van der Waals surface area contributed by atoms with Crippen LogP contribution in [0.2, 0.25) is 0 Å². The van der Waals surface area contributed by atoms with E-state index in [4.69, 9.17) is 5.73 Å². The molecule has 0 radical (unpaired) electrons. The van der Waals surface area contributed by atoms with E-state index in [9.17, 15) is 24.8 Å². The molecule has 1 atom stereocenters. The maximum Gasteiger partial charge on any atom is 0.266 e. The zero-order valence-electron chi connectivity index (χ0n) is 21.3. The summed E-state index contributed by atoms with van der Waals surface area (Å²) in [6, 6.07) is 24.5. The summed E-state index contributed by atoms with van der Waals surface area (Å²) in [5.41, 5.74) is 7.98. The van der Waals surface area contributed by atoms with Crippen molar-refractivity contribution in [3.8, 4) is 5.75 Å². The lowest BCUT2D eigenvalue weighted by atomic mass is 9.90. The number of nitrogens with one attached hydrogen (secondary N) is 3. The van der Waals surface area contributed by atoms with Gasteiger partial charge in [-0.25, -0.2) is 10.1 Å². The number of nitrogens with two attached hydrogens (primary N) is 1. The third-order valence-corrected chi connectivity index (χ3v) is 5.98. The fourth-order valence-corrected chi connectivity index (χ4v) is 4.07. The fraction of sp³-hybridized carbons (Fsp3) is 0.250. The first kappa shape index (κ1) is 28.6. The Morgan fingerprint density at radius 2 is 1.46 bits per heavy atom. The van der Waals surface area contributed by atoms with Gasteiger partial charge >= 0.3 is 0 Å². The van der Waals surface area contributed by atoms with Crippen molar-refractivity contribution in [2.45, 2.75) is 31.2 Å². The maximum absolute atomic E-state index is 13.6. The monoisotopic (exact) mass is 532 g/mol. The van der Waals surface area contributed by atoms with E-state index in [1.807, 2.05) is 60.7 Å². The van der Waals surface area contributed by atoms with Gasteiger partial charge in [-0.05, 0) is 48.1 Å². The van der Waals surface area contributed by atoms with Gasteiger partial charge < -0.3 is 26.8 Å². The molecule has 0 aliphatic rings. The van der Waals surface area contributed by atoms with Crippen molar-refractivity contribution < 1.29 is 19.7 Å². The SMILES string of the molecule is NC(=N[N+](=O)[O-])NCCC[C@H](NC(=O)C(c1ccccc1)c1ccccc1)C(=O)NCCc1ccc(O)cc1. The van der Waals surface area contributed by atoms with Gasteiger partial charge in [-0.1, -0.05) is 72.8 Å². The molecule has 6 N–H and O–H groups in total. The Kier molecular flexibility index (Phi) is 10.8. The van der Waals surface area contributed by atoms with E-state index in [1.54, 1.807) is 24.3 Å². The van der Waals surface area contributed by atoms with Crippen LogP contribution in [-0.2, 0) is 16.0 Å². The summed E-state index contributed by atoms with van der Waals surface area (Å²) in [5, 5.41) is 30.4. The van der Waals surface area contributed by atoms with Crippen molar-refractivity contribution in [3.63, 3.8) is 0 Å².